The van der Waals surface area contributed by atoms with E-state index in [4.69, 9.17) is 0 Å². The Kier molecular flexibility index (Phi) is 4.08. The summed E-state index contributed by atoms with van der Waals surface area (Å²) >= 11 is 1.53. The van der Waals surface area contributed by atoms with E-state index in [0.29, 0.717) is 24.0 Å². The molecule has 0 N–H and O–H groups in total. The standard InChI is InChI=1S/C15H22N4OS/c1-10(2)18-7-5-4-6-12(18)9-19-15(20)13-8-11(3)21-14(13)16-17-19/h8,10,12H,4-7,9H2,1-3H3. The number of hydrogen-bond donors (Lipinski definition) is 0. The second kappa shape index (κ2) is 5.85. The van der Waals surface area contributed by atoms with Gasteiger partial charge in [0.1, 0.15) is 0 Å². The van der Waals surface area contributed by atoms with E-state index >= 15 is 0 Å². The summed E-state index contributed by atoms with van der Waals surface area (Å²) in [6.45, 7) is 8.20. The van der Waals surface area contributed by atoms with Crippen molar-refractivity contribution in [1.29, 1.82) is 0 Å². The van der Waals surface area contributed by atoms with Crippen LogP contribution in [0.25, 0.3) is 10.2 Å². The van der Waals surface area contributed by atoms with E-state index in [0.717, 1.165) is 22.7 Å². The summed E-state index contributed by atoms with van der Waals surface area (Å²) in [5.41, 5.74) is -0.00127. The van der Waals surface area contributed by atoms with Gasteiger partial charge in [-0.3, -0.25) is 9.69 Å². The number of hydrogen-bond acceptors (Lipinski definition) is 5. The lowest BCUT2D eigenvalue weighted by Crippen LogP contribution is -2.47. The van der Waals surface area contributed by atoms with E-state index in [-0.39, 0.29) is 5.56 Å². The molecule has 3 heterocycles. The Morgan fingerprint density at radius 1 is 1.43 bits per heavy atom. The highest BCUT2D eigenvalue weighted by atomic mass is 32.1. The fraction of sp³-hybridized carbons (Fsp3) is 0.667. The van der Waals surface area contributed by atoms with Crippen LogP contribution in [0.3, 0.4) is 0 Å². The molecule has 0 spiro atoms. The van der Waals surface area contributed by atoms with Crippen LogP contribution in [0.15, 0.2) is 10.9 Å². The van der Waals surface area contributed by atoms with Gasteiger partial charge in [0.2, 0.25) is 0 Å². The van der Waals surface area contributed by atoms with Gasteiger partial charge in [-0.15, -0.1) is 16.4 Å². The third-order valence-electron chi connectivity index (χ3n) is 4.26. The van der Waals surface area contributed by atoms with Crippen molar-refractivity contribution in [1.82, 2.24) is 19.9 Å². The number of aryl methyl sites for hydroxylation is 1. The molecule has 3 rings (SSSR count). The van der Waals surface area contributed by atoms with Gasteiger partial charge in [-0.2, -0.15) is 0 Å². The van der Waals surface area contributed by atoms with Gasteiger partial charge in [-0.05, 0) is 46.2 Å². The number of piperidine rings is 1. The number of aromatic nitrogens is 3. The predicted molar refractivity (Wildman–Crippen MR) is 85.9 cm³/mol. The van der Waals surface area contributed by atoms with E-state index in [1.807, 2.05) is 13.0 Å². The van der Waals surface area contributed by atoms with E-state index in [1.165, 1.54) is 24.2 Å². The van der Waals surface area contributed by atoms with Crippen molar-refractivity contribution in [3.05, 3.63) is 21.3 Å². The van der Waals surface area contributed by atoms with Crippen molar-refractivity contribution in [3.63, 3.8) is 0 Å². The third kappa shape index (κ3) is 2.87. The Balaban J connectivity index is 1.90. The number of nitrogens with zero attached hydrogens (tertiary/aromatic N) is 4. The quantitative estimate of drug-likeness (QED) is 0.874. The van der Waals surface area contributed by atoms with Gasteiger partial charge in [-0.25, -0.2) is 4.68 Å². The van der Waals surface area contributed by atoms with Crippen LogP contribution in [0.1, 0.15) is 38.0 Å². The molecule has 1 unspecified atom stereocenters. The normalized spacial score (nSPS) is 20.5. The van der Waals surface area contributed by atoms with Gasteiger partial charge in [0, 0.05) is 17.0 Å². The minimum Gasteiger partial charge on any atom is -0.296 e. The maximum atomic E-state index is 12.5. The molecule has 21 heavy (non-hydrogen) atoms. The van der Waals surface area contributed by atoms with Crippen LogP contribution < -0.4 is 5.56 Å². The first-order chi connectivity index (χ1) is 10.1. The van der Waals surface area contributed by atoms with Crippen molar-refractivity contribution in [3.8, 4) is 0 Å². The van der Waals surface area contributed by atoms with E-state index in [9.17, 15) is 4.79 Å². The molecule has 0 saturated carbocycles. The Labute approximate surface area is 128 Å². The number of rotatable bonds is 3. The van der Waals surface area contributed by atoms with Crippen LogP contribution in [0, 0.1) is 6.92 Å². The molecule has 5 nitrogen and oxygen atoms in total. The molecule has 2 aromatic heterocycles. The van der Waals surface area contributed by atoms with Gasteiger partial charge < -0.3 is 0 Å². The summed E-state index contributed by atoms with van der Waals surface area (Å²) in [6, 6.07) is 2.82. The zero-order valence-electron chi connectivity index (χ0n) is 12.9. The second-order valence-corrected chi connectivity index (χ2v) is 7.37. The van der Waals surface area contributed by atoms with Gasteiger partial charge >= 0.3 is 0 Å². The fourth-order valence-corrected chi connectivity index (χ4v) is 4.04. The molecule has 1 atom stereocenters. The molecule has 1 aliphatic heterocycles. The van der Waals surface area contributed by atoms with Crippen molar-refractivity contribution < 1.29 is 0 Å². The Morgan fingerprint density at radius 3 is 3.00 bits per heavy atom. The van der Waals surface area contributed by atoms with Crippen LogP contribution >= 0.6 is 11.3 Å². The minimum atomic E-state index is -0.00127. The maximum absolute atomic E-state index is 12.5. The largest absolute Gasteiger partial charge is 0.296 e. The molecule has 0 radical (unpaired) electrons. The van der Waals surface area contributed by atoms with Crippen molar-refractivity contribution in [2.24, 2.45) is 0 Å². The summed E-state index contributed by atoms with van der Waals surface area (Å²) in [6.07, 6.45) is 3.61. The van der Waals surface area contributed by atoms with Crippen molar-refractivity contribution in [2.75, 3.05) is 6.54 Å². The van der Waals surface area contributed by atoms with Crippen molar-refractivity contribution >= 4 is 21.6 Å². The van der Waals surface area contributed by atoms with Crippen molar-refractivity contribution in [2.45, 2.75) is 58.7 Å². The lowest BCUT2D eigenvalue weighted by molar-refractivity contribution is 0.0948. The highest BCUT2D eigenvalue weighted by Gasteiger charge is 2.25. The monoisotopic (exact) mass is 306 g/mol. The topological polar surface area (TPSA) is 51.0 Å². The van der Waals surface area contributed by atoms with Gasteiger partial charge in [-0.1, -0.05) is 11.6 Å². The van der Waals surface area contributed by atoms with Gasteiger partial charge in [0.05, 0.1) is 11.9 Å². The third-order valence-corrected chi connectivity index (χ3v) is 5.20. The van der Waals surface area contributed by atoms with Crippen LogP contribution in [0.5, 0.6) is 0 Å². The first kappa shape index (κ1) is 14.7. The summed E-state index contributed by atoms with van der Waals surface area (Å²) in [5.74, 6) is 0. The molecule has 1 fully saturated rings. The highest BCUT2D eigenvalue weighted by Crippen LogP contribution is 2.21. The van der Waals surface area contributed by atoms with E-state index in [1.54, 1.807) is 4.68 Å². The molecular formula is C15H22N4OS. The summed E-state index contributed by atoms with van der Waals surface area (Å²) in [7, 11) is 0. The fourth-order valence-electron chi connectivity index (χ4n) is 3.22. The molecule has 2 aromatic rings. The first-order valence-electron chi connectivity index (χ1n) is 7.66. The van der Waals surface area contributed by atoms with Crippen LogP contribution in [0.2, 0.25) is 0 Å². The predicted octanol–water partition coefficient (Wildman–Crippen LogP) is 2.42. The van der Waals surface area contributed by atoms with E-state index < -0.39 is 0 Å². The van der Waals surface area contributed by atoms with Crippen LogP contribution in [0.4, 0.5) is 0 Å². The molecule has 0 amide bonds. The molecule has 1 saturated heterocycles. The lowest BCUT2D eigenvalue weighted by atomic mass is 10.0. The number of thiophene rings is 1. The summed E-state index contributed by atoms with van der Waals surface area (Å²) in [5, 5.41) is 9.06. The molecule has 1 aliphatic rings. The van der Waals surface area contributed by atoms with Gasteiger partial charge in [0.15, 0.2) is 4.83 Å². The average molecular weight is 306 g/mol. The van der Waals surface area contributed by atoms with E-state index in [2.05, 4.69) is 29.1 Å². The molecule has 6 heteroatoms. The Bertz CT molecular complexity index is 691. The molecule has 114 valence electrons. The number of likely N-dealkylation sites (tertiary alicyclic amines) is 1. The zero-order valence-corrected chi connectivity index (χ0v) is 13.7. The van der Waals surface area contributed by atoms with Crippen LogP contribution in [-0.2, 0) is 6.54 Å². The smallest absolute Gasteiger partial charge is 0.278 e. The molecule has 0 bridgehead atoms. The lowest BCUT2D eigenvalue weighted by Gasteiger charge is -2.38. The first-order valence-corrected chi connectivity index (χ1v) is 8.47. The SMILES string of the molecule is Cc1cc2c(=O)n(CC3CCCCN3C(C)C)nnc2s1. The minimum absolute atomic E-state index is 0.00127. The molecular weight excluding hydrogens is 284 g/mol. The molecule has 0 aliphatic carbocycles. The summed E-state index contributed by atoms with van der Waals surface area (Å²) in [4.78, 5) is 16.9. The second-order valence-electron chi connectivity index (χ2n) is 6.13. The Hall–Kier alpha value is -1.27. The van der Waals surface area contributed by atoms with Gasteiger partial charge in [0.25, 0.3) is 5.56 Å². The molecule has 0 aromatic carbocycles. The summed E-state index contributed by atoms with van der Waals surface area (Å²) < 4.78 is 1.56. The highest BCUT2D eigenvalue weighted by molar-refractivity contribution is 7.18. The van der Waals surface area contributed by atoms with Crippen LogP contribution in [-0.4, -0.2) is 38.5 Å². The Morgan fingerprint density at radius 2 is 2.24 bits per heavy atom. The number of fused-ring (bicyclic) bond motifs is 1. The average Bonchev–Trinajstić information content (AvgIpc) is 2.84. The zero-order chi connectivity index (χ0) is 15.0. The maximum Gasteiger partial charge on any atom is 0.278 e.